The first-order valence-electron chi connectivity index (χ1n) is 6.33. The molecule has 1 N–H and O–H groups in total. The fourth-order valence-electron chi connectivity index (χ4n) is 2.61. The van der Waals surface area contributed by atoms with Gasteiger partial charge in [0.2, 0.25) is 0 Å². The quantitative estimate of drug-likeness (QED) is 0.572. The molecule has 4 nitrogen and oxygen atoms in total. The molecule has 0 spiro atoms. The van der Waals surface area contributed by atoms with Crippen LogP contribution in [0.15, 0.2) is 61.1 Å². The first kappa shape index (κ1) is 11.0. The van der Waals surface area contributed by atoms with Crippen LogP contribution in [0.2, 0.25) is 0 Å². The Balaban J connectivity index is 2.23. The Morgan fingerprint density at radius 3 is 2.60 bits per heavy atom. The molecule has 4 heteroatoms. The van der Waals surface area contributed by atoms with Gasteiger partial charge in [-0.05, 0) is 18.2 Å². The summed E-state index contributed by atoms with van der Waals surface area (Å²) < 4.78 is 2.01. The Morgan fingerprint density at radius 1 is 0.900 bits per heavy atom. The number of fused-ring (bicyclic) bond motifs is 3. The standard InChI is InChI=1S/C16H11N3O/c20-11-5-6-13-12-3-1-2-4-14(12)19(15(13)9-11)16-10-17-7-8-18-16/h1-10,20H. The fraction of sp³-hybridized carbons (Fsp3) is 0. The summed E-state index contributed by atoms with van der Waals surface area (Å²) >= 11 is 0. The minimum Gasteiger partial charge on any atom is -0.508 e. The summed E-state index contributed by atoms with van der Waals surface area (Å²) in [7, 11) is 0. The topological polar surface area (TPSA) is 50.9 Å². The summed E-state index contributed by atoms with van der Waals surface area (Å²) in [4.78, 5) is 8.50. The van der Waals surface area contributed by atoms with E-state index in [-0.39, 0.29) is 5.75 Å². The van der Waals surface area contributed by atoms with E-state index in [9.17, 15) is 5.11 Å². The van der Waals surface area contributed by atoms with Crippen LogP contribution in [0.3, 0.4) is 0 Å². The summed E-state index contributed by atoms with van der Waals surface area (Å²) in [5.74, 6) is 0.981. The first-order chi connectivity index (χ1) is 9.84. The second kappa shape index (κ2) is 4.06. The predicted molar refractivity (Wildman–Crippen MR) is 78.0 cm³/mol. The van der Waals surface area contributed by atoms with E-state index in [4.69, 9.17) is 0 Å². The van der Waals surface area contributed by atoms with Crippen molar-refractivity contribution in [2.45, 2.75) is 0 Å². The first-order valence-corrected chi connectivity index (χ1v) is 6.33. The van der Waals surface area contributed by atoms with Crippen LogP contribution in [0.25, 0.3) is 27.6 Å². The molecule has 4 rings (SSSR count). The average Bonchev–Trinajstić information content (AvgIpc) is 2.81. The van der Waals surface area contributed by atoms with E-state index in [0.717, 1.165) is 27.6 Å². The summed E-state index contributed by atoms with van der Waals surface area (Å²) in [6.07, 6.45) is 5.03. The third kappa shape index (κ3) is 1.48. The third-order valence-corrected chi connectivity index (χ3v) is 3.44. The maximum absolute atomic E-state index is 9.78. The zero-order valence-corrected chi connectivity index (χ0v) is 10.6. The Hall–Kier alpha value is -2.88. The van der Waals surface area contributed by atoms with Crippen molar-refractivity contribution >= 4 is 21.8 Å². The largest absolute Gasteiger partial charge is 0.508 e. The molecule has 4 aromatic rings. The van der Waals surface area contributed by atoms with Gasteiger partial charge in [-0.3, -0.25) is 9.55 Å². The van der Waals surface area contributed by atoms with Crippen molar-refractivity contribution in [3.05, 3.63) is 61.1 Å². The number of aromatic nitrogens is 3. The molecule has 96 valence electrons. The van der Waals surface area contributed by atoms with Gasteiger partial charge in [-0.25, -0.2) is 4.98 Å². The SMILES string of the molecule is Oc1ccc2c3ccccc3n(-c3cnccn3)c2c1. The monoisotopic (exact) mass is 261 g/mol. The Morgan fingerprint density at radius 2 is 1.75 bits per heavy atom. The third-order valence-electron chi connectivity index (χ3n) is 3.44. The van der Waals surface area contributed by atoms with E-state index in [1.807, 2.05) is 28.8 Å². The maximum atomic E-state index is 9.78. The molecular formula is C16H11N3O. The lowest BCUT2D eigenvalue weighted by Gasteiger charge is -2.05. The summed E-state index contributed by atoms with van der Waals surface area (Å²) in [6, 6.07) is 13.5. The van der Waals surface area contributed by atoms with E-state index in [1.165, 1.54) is 0 Å². The van der Waals surface area contributed by atoms with Crippen molar-refractivity contribution in [2.75, 3.05) is 0 Å². The van der Waals surface area contributed by atoms with E-state index >= 15 is 0 Å². The van der Waals surface area contributed by atoms with Crippen molar-refractivity contribution in [1.29, 1.82) is 0 Å². The number of rotatable bonds is 1. The van der Waals surface area contributed by atoms with E-state index in [2.05, 4.69) is 16.0 Å². The number of hydrogen-bond acceptors (Lipinski definition) is 3. The molecule has 0 amide bonds. The Bertz CT molecular complexity index is 913. The molecule has 0 saturated carbocycles. The molecule has 2 aromatic carbocycles. The molecule has 0 radical (unpaired) electrons. The molecule has 2 heterocycles. The second-order valence-electron chi connectivity index (χ2n) is 4.62. The van der Waals surface area contributed by atoms with Gasteiger partial charge in [0.1, 0.15) is 5.75 Å². The number of phenols is 1. The number of benzene rings is 2. The highest BCUT2D eigenvalue weighted by Gasteiger charge is 2.12. The molecule has 0 aliphatic heterocycles. The molecule has 0 aliphatic carbocycles. The van der Waals surface area contributed by atoms with Crippen LogP contribution in [0.1, 0.15) is 0 Å². The number of para-hydroxylation sites is 1. The van der Waals surface area contributed by atoms with Crippen molar-refractivity contribution in [3.63, 3.8) is 0 Å². The Labute approximate surface area is 115 Å². The van der Waals surface area contributed by atoms with Crippen LogP contribution in [-0.4, -0.2) is 19.6 Å². The maximum Gasteiger partial charge on any atom is 0.156 e. The molecular weight excluding hydrogens is 250 g/mol. The summed E-state index contributed by atoms with van der Waals surface area (Å²) in [5.41, 5.74) is 1.97. The minimum atomic E-state index is 0.241. The molecule has 0 fully saturated rings. The van der Waals surface area contributed by atoms with E-state index in [0.29, 0.717) is 0 Å². The van der Waals surface area contributed by atoms with Crippen molar-refractivity contribution in [3.8, 4) is 11.6 Å². The minimum absolute atomic E-state index is 0.241. The molecule has 0 saturated heterocycles. The number of hydrogen-bond donors (Lipinski definition) is 1. The average molecular weight is 261 g/mol. The van der Waals surface area contributed by atoms with Crippen molar-refractivity contribution < 1.29 is 5.11 Å². The zero-order chi connectivity index (χ0) is 13.5. The highest BCUT2D eigenvalue weighted by molar-refractivity contribution is 6.09. The van der Waals surface area contributed by atoms with Gasteiger partial charge in [0.15, 0.2) is 5.82 Å². The van der Waals surface area contributed by atoms with Gasteiger partial charge in [-0.1, -0.05) is 18.2 Å². The van der Waals surface area contributed by atoms with Crippen LogP contribution in [-0.2, 0) is 0 Å². The number of phenolic OH excluding ortho intramolecular Hbond substituents is 1. The van der Waals surface area contributed by atoms with Crippen LogP contribution in [0, 0.1) is 0 Å². The molecule has 0 atom stereocenters. The Kier molecular flexibility index (Phi) is 2.23. The molecule has 0 aliphatic rings. The summed E-state index contributed by atoms with van der Waals surface area (Å²) in [6.45, 7) is 0. The second-order valence-corrected chi connectivity index (χ2v) is 4.62. The van der Waals surface area contributed by atoms with Crippen LogP contribution in [0.5, 0.6) is 5.75 Å². The van der Waals surface area contributed by atoms with Gasteiger partial charge < -0.3 is 5.11 Å². The predicted octanol–water partition coefficient (Wildman–Crippen LogP) is 3.28. The van der Waals surface area contributed by atoms with Crippen LogP contribution < -0.4 is 0 Å². The van der Waals surface area contributed by atoms with Gasteiger partial charge in [0, 0.05) is 29.2 Å². The highest BCUT2D eigenvalue weighted by Crippen LogP contribution is 2.32. The van der Waals surface area contributed by atoms with Crippen LogP contribution in [0.4, 0.5) is 0 Å². The van der Waals surface area contributed by atoms with E-state index in [1.54, 1.807) is 30.7 Å². The van der Waals surface area contributed by atoms with Crippen molar-refractivity contribution in [1.82, 2.24) is 14.5 Å². The molecule has 0 bridgehead atoms. The van der Waals surface area contributed by atoms with Gasteiger partial charge >= 0.3 is 0 Å². The summed E-state index contributed by atoms with van der Waals surface area (Å²) in [5, 5.41) is 12.0. The number of aromatic hydroxyl groups is 1. The number of nitrogens with zero attached hydrogens (tertiary/aromatic N) is 3. The van der Waals surface area contributed by atoms with Crippen molar-refractivity contribution in [2.24, 2.45) is 0 Å². The zero-order valence-electron chi connectivity index (χ0n) is 10.6. The highest BCUT2D eigenvalue weighted by atomic mass is 16.3. The van der Waals surface area contributed by atoms with Gasteiger partial charge in [-0.2, -0.15) is 0 Å². The van der Waals surface area contributed by atoms with E-state index < -0.39 is 0 Å². The normalized spacial score (nSPS) is 11.2. The van der Waals surface area contributed by atoms with Gasteiger partial charge in [0.05, 0.1) is 17.2 Å². The lowest BCUT2D eigenvalue weighted by atomic mass is 10.1. The lowest BCUT2D eigenvalue weighted by Crippen LogP contribution is -1.97. The fourth-order valence-corrected chi connectivity index (χ4v) is 2.61. The molecule has 2 aromatic heterocycles. The van der Waals surface area contributed by atoms with Gasteiger partial charge in [-0.15, -0.1) is 0 Å². The lowest BCUT2D eigenvalue weighted by molar-refractivity contribution is 0.476. The molecule has 20 heavy (non-hydrogen) atoms. The molecule has 0 unspecified atom stereocenters. The van der Waals surface area contributed by atoms with Gasteiger partial charge in [0.25, 0.3) is 0 Å². The smallest absolute Gasteiger partial charge is 0.156 e. The van der Waals surface area contributed by atoms with Crippen LogP contribution >= 0.6 is 0 Å².